The standard InChI is InChI=1S/C14H17N5O4S/c1-8-4-3-5-10(6-8)13-17-9(2)12(18-13)11(20)7-24(21,22)23-19-14(15)16/h3-6H,7H2,1-2H3,(H,17,18)(H4,15,16,19). The Kier molecular flexibility index (Phi) is 5.00. The van der Waals surface area contributed by atoms with Crippen LogP contribution in [0.2, 0.25) is 0 Å². The number of aromatic nitrogens is 2. The normalized spacial score (nSPS) is 11.2. The van der Waals surface area contributed by atoms with Gasteiger partial charge in [-0.05, 0) is 19.9 Å². The molecule has 128 valence electrons. The molecule has 0 aliphatic heterocycles. The van der Waals surface area contributed by atoms with E-state index in [0.29, 0.717) is 11.5 Å². The lowest BCUT2D eigenvalue weighted by Gasteiger charge is -2.04. The van der Waals surface area contributed by atoms with Crippen LogP contribution in [-0.4, -0.2) is 35.9 Å². The van der Waals surface area contributed by atoms with Gasteiger partial charge in [-0.25, -0.2) is 10.5 Å². The van der Waals surface area contributed by atoms with Crippen molar-refractivity contribution in [2.75, 3.05) is 5.75 Å². The number of hydroxylamine groups is 1. The van der Waals surface area contributed by atoms with Crippen LogP contribution in [0.3, 0.4) is 0 Å². The first kappa shape index (κ1) is 17.6. The maximum absolute atomic E-state index is 12.2. The van der Waals surface area contributed by atoms with Crippen LogP contribution >= 0.6 is 0 Å². The van der Waals surface area contributed by atoms with Crippen LogP contribution in [0.5, 0.6) is 0 Å². The molecule has 5 N–H and O–H groups in total. The molecule has 0 fully saturated rings. The third-order valence-electron chi connectivity index (χ3n) is 3.04. The summed E-state index contributed by atoms with van der Waals surface area (Å²) >= 11 is 0. The molecule has 10 heteroatoms. The summed E-state index contributed by atoms with van der Waals surface area (Å²) < 4.78 is 27.6. The molecule has 2 aromatic rings. The van der Waals surface area contributed by atoms with Crippen molar-refractivity contribution in [2.24, 2.45) is 5.73 Å². The van der Waals surface area contributed by atoms with Crippen LogP contribution in [0.15, 0.2) is 24.3 Å². The number of hydrogen-bond acceptors (Lipinski definition) is 6. The van der Waals surface area contributed by atoms with Gasteiger partial charge >= 0.3 is 0 Å². The SMILES string of the molecule is Cc1cccc(-c2nc(C)c(C(=O)CS(=O)(=O)ONC(=N)N)[nH]2)c1. The van der Waals surface area contributed by atoms with Crippen molar-refractivity contribution in [3.8, 4) is 11.4 Å². The zero-order valence-electron chi connectivity index (χ0n) is 13.1. The van der Waals surface area contributed by atoms with E-state index in [1.165, 1.54) is 0 Å². The minimum absolute atomic E-state index is 0.0847. The number of aromatic amines is 1. The summed E-state index contributed by atoms with van der Waals surface area (Å²) in [7, 11) is -4.23. The molecule has 0 atom stereocenters. The molecule has 0 saturated heterocycles. The number of nitrogens with two attached hydrogens (primary N) is 1. The summed E-state index contributed by atoms with van der Waals surface area (Å²) in [6.07, 6.45) is 0. The number of benzene rings is 1. The van der Waals surface area contributed by atoms with Gasteiger partial charge in [-0.2, -0.15) is 8.42 Å². The van der Waals surface area contributed by atoms with E-state index in [0.717, 1.165) is 11.1 Å². The maximum Gasteiger partial charge on any atom is 0.295 e. The van der Waals surface area contributed by atoms with Crippen LogP contribution in [0.4, 0.5) is 0 Å². The Balaban J connectivity index is 2.20. The Hall–Kier alpha value is -2.72. The van der Waals surface area contributed by atoms with Gasteiger partial charge in [-0.1, -0.05) is 23.8 Å². The highest BCUT2D eigenvalue weighted by molar-refractivity contribution is 7.87. The Morgan fingerprint density at radius 1 is 1.42 bits per heavy atom. The zero-order chi connectivity index (χ0) is 17.9. The summed E-state index contributed by atoms with van der Waals surface area (Å²) in [6.45, 7) is 3.53. The number of carbonyl (C=O) groups is 1. The fourth-order valence-corrected chi connectivity index (χ4v) is 2.77. The Bertz CT molecular complexity index is 888. The van der Waals surface area contributed by atoms with E-state index in [9.17, 15) is 13.2 Å². The Morgan fingerprint density at radius 2 is 2.12 bits per heavy atom. The molecule has 0 amide bonds. The minimum Gasteiger partial charge on any atom is -0.368 e. The van der Waals surface area contributed by atoms with Crippen molar-refractivity contribution < 1.29 is 17.5 Å². The molecular weight excluding hydrogens is 334 g/mol. The molecule has 0 bridgehead atoms. The van der Waals surface area contributed by atoms with E-state index in [2.05, 4.69) is 14.3 Å². The maximum atomic E-state index is 12.2. The van der Waals surface area contributed by atoms with Crippen molar-refractivity contribution in [3.05, 3.63) is 41.2 Å². The highest BCUT2D eigenvalue weighted by Crippen LogP contribution is 2.19. The fourth-order valence-electron chi connectivity index (χ4n) is 2.03. The van der Waals surface area contributed by atoms with Gasteiger partial charge in [-0.15, -0.1) is 4.28 Å². The highest BCUT2D eigenvalue weighted by Gasteiger charge is 2.23. The molecule has 2 rings (SSSR count). The lowest BCUT2D eigenvalue weighted by molar-refractivity contribution is 0.101. The van der Waals surface area contributed by atoms with E-state index in [1.807, 2.05) is 31.2 Å². The number of imidazole rings is 1. The summed E-state index contributed by atoms with van der Waals surface area (Å²) in [4.78, 5) is 19.3. The van der Waals surface area contributed by atoms with Gasteiger partial charge in [0.05, 0.1) is 5.69 Å². The predicted molar refractivity (Wildman–Crippen MR) is 87.7 cm³/mol. The van der Waals surface area contributed by atoms with Gasteiger partial charge in [0.25, 0.3) is 10.1 Å². The lowest BCUT2D eigenvalue weighted by atomic mass is 10.1. The molecule has 0 aliphatic rings. The second-order valence-electron chi connectivity index (χ2n) is 5.14. The van der Waals surface area contributed by atoms with E-state index < -0.39 is 27.6 Å². The molecule has 0 unspecified atom stereocenters. The number of carbonyl (C=O) groups excluding carboxylic acids is 1. The minimum atomic E-state index is -4.23. The molecule has 0 aliphatic carbocycles. The number of H-pyrrole nitrogens is 1. The molecule has 0 spiro atoms. The average molecular weight is 351 g/mol. The van der Waals surface area contributed by atoms with Crippen LogP contribution in [0.1, 0.15) is 21.7 Å². The summed E-state index contributed by atoms with van der Waals surface area (Å²) in [6, 6.07) is 7.51. The molecule has 0 saturated carbocycles. The second kappa shape index (κ2) is 6.81. The first-order valence-corrected chi connectivity index (χ1v) is 8.44. The summed E-state index contributed by atoms with van der Waals surface area (Å²) in [5, 5.41) is 6.85. The molecule has 1 aromatic carbocycles. The largest absolute Gasteiger partial charge is 0.368 e. The Labute approximate surface area is 138 Å². The smallest absolute Gasteiger partial charge is 0.295 e. The number of rotatable bonds is 6. The van der Waals surface area contributed by atoms with Gasteiger partial charge in [0.1, 0.15) is 17.3 Å². The van der Waals surface area contributed by atoms with E-state index in [-0.39, 0.29) is 5.69 Å². The van der Waals surface area contributed by atoms with E-state index >= 15 is 0 Å². The third-order valence-corrected chi connectivity index (χ3v) is 3.99. The predicted octanol–water partition coefficient (Wildman–Crippen LogP) is 0.621. The van der Waals surface area contributed by atoms with Gasteiger partial charge in [0.15, 0.2) is 5.78 Å². The number of Topliss-reactive ketones (excluding diaryl/α,β-unsaturated/α-hetero) is 1. The van der Waals surface area contributed by atoms with Crippen molar-refractivity contribution >= 4 is 21.9 Å². The first-order chi connectivity index (χ1) is 11.2. The number of aryl methyl sites for hydroxylation is 2. The van der Waals surface area contributed by atoms with Gasteiger partial charge in [0.2, 0.25) is 5.96 Å². The lowest BCUT2D eigenvalue weighted by Crippen LogP contribution is -2.34. The molecule has 24 heavy (non-hydrogen) atoms. The average Bonchev–Trinajstić information content (AvgIpc) is 2.87. The Morgan fingerprint density at radius 3 is 2.75 bits per heavy atom. The molecule has 1 aromatic heterocycles. The van der Waals surface area contributed by atoms with Crippen LogP contribution in [0.25, 0.3) is 11.4 Å². The first-order valence-electron chi connectivity index (χ1n) is 6.86. The highest BCUT2D eigenvalue weighted by atomic mass is 32.2. The number of guanidine groups is 1. The number of ketones is 1. The molecule has 0 radical (unpaired) electrons. The topological polar surface area (TPSA) is 151 Å². The molecule has 9 nitrogen and oxygen atoms in total. The van der Waals surface area contributed by atoms with Gasteiger partial charge < -0.3 is 10.7 Å². The fraction of sp³-hybridized carbons (Fsp3) is 0.214. The summed E-state index contributed by atoms with van der Waals surface area (Å²) in [5.74, 6) is -1.83. The molecule has 1 heterocycles. The second-order valence-corrected chi connectivity index (χ2v) is 6.71. The van der Waals surface area contributed by atoms with Crippen LogP contribution in [-0.2, 0) is 14.4 Å². The quantitative estimate of drug-likeness (QED) is 0.258. The van der Waals surface area contributed by atoms with Gasteiger partial charge in [-0.3, -0.25) is 10.2 Å². The summed E-state index contributed by atoms with van der Waals surface area (Å²) in [5.41, 5.74) is 8.90. The van der Waals surface area contributed by atoms with E-state index in [1.54, 1.807) is 12.4 Å². The molecular formula is C14H17N5O4S. The third kappa shape index (κ3) is 4.40. The monoisotopic (exact) mass is 351 g/mol. The zero-order valence-corrected chi connectivity index (χ0v) is 13.9. The number of nitrogens with zero attached hydrogens (tertiary/aromatic N) is 1. The number of nitrogens with one attached hydrogen (secondary N) is 3. The van der Waals surface area contributed by atoms with Crippen molar-refractivity contribution in [3.63, 3.8) is 0 Å². The van der Waals surface area contributed by atoms with Gasteiger partial charge in [0, 0.05) is 5.56 Å². The number of hydrogen-bond donors (Lipinski definition) is 4. The van der Waals surface area contributed by atoms with Crippen molar-refractivity contribution in [1.29, 1.82) is 5.41 Å². The van der Waals surface area contributed by atoms with Crippen molar-refractivity contribution in [1.82, 2.24) is 15.4 Å². The van der Waals surface area contributed by atoms with Crippen LogP contribution in [0, 0.1) is 19.3 Å². The van der Waals surface area contributed by atoms with Crippen molar-refractivity contribution in [2.45, 2.75) is 13.8 Å². The van der Waals surface area contributed by atoms with Crippen LogP contribution < -0.4 is 11.2 Å². The van der Waals surface area contributed by atoms with E-state index in [4.69, 9.17) is 11.1 Å².